The second kappa shape index (κ2) is 10.1. The fraction of sp³-hybridized carbons (Fsp3) is 0.125. The monoisotopic (exact) mass is 566 g/mol. The Morgan fingerprint density at radius 2 is 1.79 bits per heavy atom. The Kier molecular flexibility index (Phi) is 6.31. The first kappa shape index (κ1) is 24.3. The van der Waals surface area contributed by atoms with Crippen LogP contribution in [0.4, 0.5) is 0 Å². The average Bonchev–Trinajstić information content (AvgIpc) is 3.60. The van der Waals surface area contributed by atoms with Gasteiger partial charge in [0, 0.05) is 26.6 Å². The van der Waals surface area contributed by atoms with Gasteiger partial charge in [-0.15, -0.1) is 11.3 Å². The van der Waals surface area contributed by atoms with E-state index >= 15 is 0 Å². The summed E-state index contributed by atoms with van der Waals surface area (Å²) in [7, 11) is 0. The number of para-hydroxylation sites is 1. The zero-order valence-electron chi connectivity index (χ0n) is 20.8. The lowest BCUT2D eigenvalue weighted by Crippen LogP contribution is -2.38. The number of hydrogen-bond donors (Lipinski definition) is 0. The standard InChI is InChI=1S/C32H23ClN2O2S2/c33-25-12-5-2-10-22(25)19-37-26-13-6-3-9-21(26)18-28-31(36)35-30(27-14-7-17-38-27)24-16-15-20-8-1-4-11-23(20)29(24)34-32(35)39-28/h1-14,17-18,30H,15-16,19H2/t30-/m1/s1. The summed E-state index contributed by atoms with van der Waals surface area (Å²) in [5, 5.41) is 2.75. The van der Waals surface area contributed by atoms with Gasteiger partial charge in [-0.1, -0.05) is 89.7 Å². The Balaban J connectivity index is 1.35. The molecule has 0 amide bonds. The zero-order chi connectivity index (χ0) is 26.3. The highest BCUT2D eigenvalue weighted by Crippen LogP contribution is 2.42. The fourth-order valence-electron chi connectivity index (χ4n) is 5.36. The van der Waals surface area contributed by atoms with Crippen molar-refractivity contribution in [1.82, 2.24) is 4.57 Å². The number of aromatic nitrogens is 1. The minimum atomic E-state index is -0.140. The second-order valence-corrected chi connectivity index (χ2v) is 11.9. The molecule has 3 heterocycles. The maximum Gasteiger partial charge on any atom is 0.271 e. The number of benzene rings is 3. The summed E-state index contributed by atoms with van der Waals surface area (Å²) in [5.74, 6) is 0.700. The van der Waals surface area contributed by atoms with Crippen molar-refractivity contribution >= 4 is 46.0 Å². The van der Waals surface area contributed by atoms with Gasteiger partial charge >= 0.3 is 0 Å². The number of rotatable bonds is 5. The van der Waals surface area contributed by atoms with Crippen molar-refractivity contribution in [3.63, 3.8) is 0 Å². The molecule has 192 valence electrons. The fourth-order valence-corrected chi connectivity index (χ4v) is 7.39. The highest BCUT2D eigenvalue weighted by molar-refractivity contribution is 7.10. The molecule has 0 unspecified atom stereocenters. The van der Waals surface area contributed by atoms with Gasteiger partial charge < -0.3 is 4.74 Å². The number of allylic oxidation sites excluding steroid dienone is 1. The van der Waals surface area contributed by atoms with Gasteiger partial charge in [-0.2, -0.15) is 0 Å². The number of hydrogen-bond acceptors (Lipinski definition) is 5. The van der Waals surface area contributed by atoms with E-state index in [0.29, 0.717) is 21.9 Å². The summed E-state index contributed by atoms with van der Waals surface area (Å²) in [6.07, 6.45) is 3.77. The molecule has 0 bridgehead atoms. The van der Waals surface area contributed by atoms with E-state index < -0.39 is 0 Å². The number of nitrogens with zero attached hydrogens (tertiary/aromatic N) is 2. The van der Waals surface area contributed by atoms with Gasteiger partial charge in [0.05, 0.1) is 16.3 Å². The number of ether oxygens (including phenoxy) is 1. The van der Waals surface area contributed by atoms with Crippen LogP contribution in [0.25, 0.3) is 11.8 Å². The molecule has 7 rings (SSSR count). The van der Waals surface area contributed by atoms with Crippen LogP contribution < -0.4 is 19.6 Å². The molecule has 7 heteroatoms. The van der Waals surface area contributed by atoms with Crippen molar-refractivity contribution < 1.29 is 4.74 Å². The van der Waals surface area contributed by atoms with Gasteiger partial charge in [0.15, 0.2) is 4.80 Å². The Morgan fingerprint density at radius 3 is 2.67 bits per heavy atom. The Bertz CT molecular complexity index is 1920. The summed E-state index contributed by atoms with van der Waals surface area (Å²) < 4.78 is 8.69. The summed E-state index contributed by atoms with van der Waals surface area (Å²) in [4.78, 5) is 21.0. The van der Waals surface area contributed by atoms with Crippen LogP contribution >= 0.6 is 34.3 Å². The smallest absolute Gasteiger partial charge is 0.271 e. The summed E-state index contributed by atoms with van der Waals surface area (Å²) in [6.45, 7) is 0.344. The van der Waals surface area contributed by atoms with Crippen LogP contribution in [0.15, 0.2) is 106 Å². The van der Waals surface area contributed by atoms with Gasteiger partial charge in [0.1, 0.15) is 12.4 Å². The third-order valence-electron chi connectivity index (χ3n) is 7.23. The minimum absolute atomic E-state index is 0.0246. The highest BCUT2D eigenvalue weighted by atomic mass is 35.5. The second-order valence-electron chi connectivity index (χ2n) is 9.55. The molecule has 0 fully saturated rings. The largest absolute Gasteiger partial charge is 0.488 e. The molecule has 2 aliphatic rings. The van der Waals surface area contributed by atoms with Crippen molar-refractivity contribution in [3.8, 4) is 5.75 Å². The van der Waals surface area contributed by atoms with Crippen molar-refractivity contribution in [1.29, 1.82) is 0 Å². The maximum absolute atomic E-state index is 14.0. The number of halogens is 1. The third-order valence-corrected chi connectivity index (χ3v) is 9.51. The van der Waals surface area contributed by atoms with Crippen LogP contribution in [0.3, 0.4) is 0 Å². The summed E-state index contributed by atoms with van der Waals surface area (Å²) >= 11 is 9.46. The van der Waals surface area contributed by atoms with Gasteiger partial charge in [-0.3, -0.25) is 9.36 Å². The normalized spacial score (nSPS) is 16.3. The molecule has 1 aliphatic heterocycles. The van der Waals surface area contributed by atoms with Crippen LogP contribution in [0, 0.1) is 0 Å². The van der Waals surface area contributed by atoms with E-state index in [-0.39, 0.29) is 11.6 Å². The van der Waals surface area contributed by atoms with E-state index in [0.717, 1.165) is 39.3 Å². The van der Waals surface area contributed by atoms with E-state index in [9.17, 15) is 4.79 Å². The third kappa shape index (κ3) is 4.39. The van der Waals surface area contributed by atoms with Crippen LogP contribution in [-0.4, -0.2) is 4.57 Å². The molecule has 0 spiro atoms. The van der Waals surface area contributed by atoms with Crippen molar-refractivity contribution in [2.24, 2.45) is 4.99 Å². The van der Waals surface area contributed by atoms with Crippen LogP contribution in [0.5, 0.6) is 5.75 Å². The van der Waals surface area contributed by atoms with Crippen LogP contribution in [0.2, 0.25) is 5.02 Å². The van der Waals surface area contributed by atoms with E-state index in [2.05, 4.69) is 41.8 Å². The first-order chi connectivity index (χ1) is 19.2. The average molecular weight is 567 g/mol. The quantitative estimate of drug-likeness (QED) is 0.240. The van der Waals surface area contributed by atoms with E-state index in [4.69, 9.17) is 21.3 Å². The molecular weight excluding hydrogens is 544 g/mol. The van der Waals surface area contributed by atoms with Gasteiger partial charge in [0.2, 0.25) is 0 Å². The first-order valence-electron chi connectivity index (χ1n) is 12.8. The van der Waals surface area contributed by atoms with E-state index in [1.54, 1.807) is 11.3 Å². The molecule has 39 heavy (non-hydrogen) atoms. The molecule has 4 nitrogen and oxygen atoms in total. The molecular formula is C32H23ClN2O2S2. The van der Waals surface area contributed by atoms with Crippen molar-refractivity contribution in [2.75, 3.05) is 0 Å². The Morgan fingerprint density at radius 1 is 0.974 bits per heavy atom. The molecule has 0 N–H and O–H groups in total. The van der Waals surface area contributed by atoms with Crippen LogP contribution in [0.1, 0.15) is 39.6 Å². The number of aryl methyl sites for hydroxylation is 1. The lowest BCUT2D eigenvalue weighted by molar-refractivity contribution is 0.305. The minimum Gasteiger partial charge on any atom is -0.488 e. The molecule has 1 aliphatic carbocycles. The Hall–Kier alpha value is -3.71. The molecule has 1 atom stereocenters. The highest BCUT2D eigenvalue weighted by Gasteiger charge is 2.33. The Labute approximate surface area is 238 Å². The van der Waals surface area contributed by atoms with Crippen molar-refractivity contribution in [3.05, 3.63) is 148 Å². The SMILES string of the molecule is O=c1c(=Cc2ccccc2OCc2ccccc2Cl)sc2n1[C@@H](c1cccs1)C1=C(N=2)c2ccccc2CC1. The molecule has 0 radical (unpaired) electrons. The molecule has 0 saturated carbocycles. The van der Waals surface area contributed by atoms with Gasteiger partial charge in [-0.05, 0) is 53.6 Å². The topological polar surface area (TPSA) is 43.6 Å². The predicted octanol–water partition coefficient (Wildman–Crippen LogP) is 6.61. The zero-order valence-corrected chi connectivity index (χ0v) is 23.2. The predicted molar refractivity (Wildman–Crippen MR) is 159 cm³/mol. The molecule has 0 saturated heterocycles. The lowest BCUT2D eigenvalue weighted by Gasteiger charge is -2.30. The van der Waals surface area contributed by atoms with Gasteiger partial charge in [0.25, 0.3) is 5.56 Å². The number of fused-ring (bicyclic) bond motifs is 3. The van der Waals surface area contributed by atoms with E-state index in [1.165, 1.54) is 28.0 Å². The lowest BCUT2D eigenvalue weighted by atomic mass is 9.85. The maximum atomic E-state index is 14.0. The van der Waals surface area contributed by atoms with E-state index in [1.807, 2.05) is 59.2 Å². The number of thiazole rings is 1. The number of thiophene rings is 1. The summed E-state index contributed by atoms with van der Waals surface area (Å²) in [5.41, 5.74) is 6.46. The molecule has 3 aromatic carbocycles. The van der Waals surface area contributed by atoms with Gasteiger partial charge in [-0.25, -0.2) is 4.99 Å². The van der Waals surface area contributed by atoms with Crippen molar-refractivity contribution in [2.45, 2.75) is 25.5 Å². The molecule has 5 aromatic rings. The summed E-state index contributed by atoms with van der Waals surface area (Å²) in [6, 6.07) is 28.0. The molecule has 2 aromatic heterocycles. The first-order valence-corrected chi connectivity index (χ1v) is 14.9. The van der Waals surface area contributed by atoms with Crippen LogP contribution in [-0.2, 0) is 13.0 Å².